The molecule has 0 unspecified atom stereocenters. The maximum Gasteiger partial charge on any atom is 0.227 e. The third kappa shape index (κ3) is 3.56. The van der Waals surface area contributed by atoms with Crippen LogP contribution in [0.25, 0.3) is 0 Å². The standard InChI is InChI=1S/C15H20N2O2/c1-11-3-4-12(2)13(9-11)10-15(19)17-7-5-14(18)16-6-8-17/h3-4,9H,5-8,10H2,1-2H3,(H,16,18). The van der Waals surface area contributed by atoms with Crippen LogP contribution in [-0.2, 0) is 16.0 Å². The van der Waals surface area contributed by atoms with Crippen molar-refractivity contribution >= 4 is 11.8 Å². The van der Waals surface area contributed by atoms with Crippen LogP contribution in [0.4, 0.5) is 0 Å². The third-order valence-corrected chi connectivity index (χ3v) is 3.51. The molecule has 0 saturated carbocycles. The first kappa shape index (κ1) is 13.6. The van der Waals surface area contributed by atoms with E-state index < -0.39 is 0 Å². The number of nitrogens with zero attached hydrogens (tertiary/aromatic N) is 1. The van der Waals surface area contributed by atoms with Crippen LogP contribution in [0.15, 0.2) is 18.2 Å². The smallest absolute Gasteiger partial charge is 0.227 e. The van der Waals surface area contributed by atoms with Gasteiger partial charge in [-0.1, -0.05) is 23.8 Å². The highest BCUT2D eigenvalue weighted by Crippen LogP contribution is 2.13. The van der Waals surface area contributed by atoms with Crippen LogP contribution >= 0.6 is 0 Å². The van der Waals surface area contributed by atoms with E-state index in [-0.39, 0.29) is 11.8 Å². The molecule has 0 radical (unpaired) electrons. The van der Waals surface area contributed by atoms with Gasteiger partial charge >= 0.3 is 0 Å². The topological polar surface area (TPSA) is 49.4 Å². The minimum absolute atomic E-state index is 0.0297. The molecule has 2 amide bonds. The van der Waals surface area contributed by atoms with Gasteiger partial charge in [-0.2, -0.15) is 0 Å². The summed E-state index contributed by atoms with van der Waals surface area (Å²) in [6.45, 7) is 5.74. The number of benzene rings is 1. The Morgan fingerprint density at radius 2 is 2.11 bits per heavy atom. The molecule has 1 aromatic rings. The van der Waals surface area contributed by atoms with Crippen molar-refractivity contribution in [2.45, 2.75) is 26.7 Å². The summed E-state index contributed by atoms with van der Waals surface area (Å²) in [5.74, 6) is 0.132. The molecule has 1 N–H and O–H groups in total. The van der Waals surface area contributed by atoms with Gasteiger partial charge in [-0.05, 0) is 25.0 Å². The van der Waals surface area contributed by atoms with E-state index in [1.54, 1.807) is 4.90 Å². The molecule has 0 aromatic heterocycles. The van der Waals surface area contributed by atoms with Crippen LogP contribution in [0.3, 0.4) is 0 Å². The van der Waals surface area contributed by atoms with Crippen LogP contribution < -0.4 is 5.32 Å². The summed E-state index contributed by atoms with van der Waals surface area (Å²) in [4.78, 5) is 25.3. The number of carbonyl (C=O) groups is 2. The quantitative estimate of drug-likeness (QED) is 0.868. The molecule has 0 atom stereocenters. The van der Waals surface area contributed by atoms with Crippen molar-refractivity contribution in [1.82, 2.24) is 10.2 Å². The summed E-state index contributed by atoms with van der Waals surface area (Å²) in [6.07, 6.45) is 0.820. The van der Waals surface area contributed by atoms with Crippen LogP contribution in [0.1, 0.15) is 23.1 Å². The van der Waals surface area contributed by atoms with Crippen molar-refractivity contribution in [3.63, 3.8) is 0 Å². The second-order valence-electron chi connectivity index (χ2n) is 5.09. The van der Waals surface area contributed by atoms with Gasteiger partial charge in [0.1, 0.15) is 0 Å². The zero-order valence-corrected chi connectivity index (χ0v) is 11.5. The zero-order valence-electron chi connectivity index (χ0n) is 11.5. The largest absolute Gasteiger partial charge is 0.354 e. The van der Waals surface area contributed by atoms with Crippen LogP contribution in [-0.4, -0.2) is 36.3 Å². The van der Waals surface area contributed by atoms with E-state index in [4.69, 9.17) is 0 Å². The van der Waals surface area contributed by atoms with E-state index in [9.17, 15) is 9.59 Å². The lowest BCUT2D eigenvalue weighted by molar-refractivity contribution is -0.130. The SMILES string of the molecule is Cc1ccc(C)c(CC(=O)N2CCNC(=O)CC2)c1. The van der Waals surface area contributed by atoms with Crippen molar-refractivity contribution in [2.24, 2.45) is 0 Å². The molecule has 102 valence electrons. The number of amides is 2. The van der Waals surface area contributed by atoms with Gasteiger partial charge < -0.3 is 10.2 Å². The van der Waals surface area contributed by atoms with Crippen molar-refractivity contribution in [3.8, 4) is 0 Å². The monoisotopic (exact) mass is 260 g/mol. The number of aryl methyl sites for hydroxylation is 2. The Balaban J connectivity index is 2.04. The first-order valence-electron chi connectivity index (χ1n) is 6.67. The summed E-state index contributed by atoms with van der Waals surface area (Å²) >= 11 is 0. The molecule has 1 fully saturated rings. The Hall–Kier alpha value is -1.84. The van der Waals surface area contributed by atoms with E-state index >= 15 is 0 Å². The zero-order chi connectivity index (χ0) is 13.8. The molecule has 1 aromatic carbocycles. The number of nitrogens with one attached hydrogen (secondary N) is 1. The fourth-order valence-corrected chi connectivity index (χ4v) is 2.28. The molecule has 1 aliphatic heterocycles. The summed E-state index contributed by atoms with van der Waals surface area (Å²) in [6, 6.07) is 6.16. The summed E-state index contributed by atoms with van der Waals surface area (Å²) < 4.78 is 0. The second kappa shape index (κ2) is 5.87. The van der Waals surface area contributed by atoms with Gasteiger partial charge in [-0.15, -0.1) is 0 Å². The van der Waals surface area contributed by atoms with Crippen LogP contribution in [0.2, 0.25) is 0 Å². The maximum absolute atomic E-state index is 12.3. The van der Waals surface area contributed by atoms with Gasteiger partial charge in [0.15, 0.2) is 0 Å². The van der Waals surface area contributed by atoms with E-state index in [0.717, 1.165) is 11.1 Å². The Kier molecular flexibility index (Phi) is 4.20. The van der Waals surface area contributed by atoms with Crippen molar-refractivity contribution in [2.75, 3.05) is 19.6 Å². The predicted octanol–water partition coefficient (Wildman–Crippen LogP) is 1.19. The molecular formula is C15H20N2O2. The highest BCUT2D eigenvalue weighted by atomic mass is 16.2. The maximum atomic E-state index is 12.3. The van der Waals surface area contributed by atoms with Crippen molar-refractivity contribution in [3.05, 3.63) is 34.9 Å². The highest BCUT2D eigenvalue weighted by Gasteiger charge is 2.18. The Morgan fingerprint density at radius 1 is 1.32 bits per heavy atom. The van der Waals surface area contributed by atoms with E-state index in [1.807, 2.05) is 19.9 Å². The Labute approximate surface area is 113 Å². The normalized spacial score (nSPS) is 15.9. The first-order chi connectivity index (χ1) is 9.06. The second-order valence-corrected chi connectivity index (χ2v) is 5.09. The molecule has 1 saturated heterocycles. The Morgan fingerprint density at radius 3 is 2.89 bits per heavy atom. The lowest BCUT2D eigenvalue weighted by Crippen LogP contribution is -2.35. The lowest BCUT2D eigenvalue weighted by atomic mass is 10.0. The fourth-order valence-electron chi connectivity index (χ4n) is 2.28. The van der Waals surface area contributed by atoms with Gasteiger partial charge in [0, 0.05) is 26.1 Å². The average molecular weight is 260 g/mol. The number of carbonyl (C=O) groups excluding carboxylic acids is 2. The highest BCUT2D eigenvalue weighted by molar-refractivity contribution is 5.81. The van der Waals surface area contributed by atoms with E-state index in [0.29, 0.717) is 32.5 Å². The lowest BCUT2D eigenvalue weighted by Gasteiger charge is -2.20. The first-order valence-corrected chi connectivity index (χ1v) is 6.67. The average Bonchev–Trinajstić information content (AvgIpc) is 2.59. The summed E-state index contributed by atoms with van der Waals surface area (Å²) in [7, 11) is 0. The van der Waals surface area contributed by atoms with Crippen LogP contribution in [0, 0.1) is 13.8 Å². The molecule has 4 heteroatoms. The molecule has 19 heavy (non-hydrogen) atoms. The molecule has 2 rings (SSSR count). The minimum atomic E-state index is 0.0297. The predicted molar refractivity (Wildman–Crippen MR) is 73.8 cm³/mol. The molecule has 1 heterocycles. The van der Waals surface area contributed by atoms with Gasteiger partial charge in [0.2, 0.25) is 11.8 Å². The van der Waals surface area contributed by atoms with Gasteiger partial charge in [0.25, 0.3) is 0 Å². The summed E-state index contributed by atoms with van der Waals surface area (Å²) in [5, 5.41) is 2.78. The van der Waals surface area contributed by atoms with Gasteiger partial charge in [-0.3, -0.25) is 9.59 Å². The fraction of sp³-hybridized carbons (Fsp3) is 0.467. The van der Waals surface area contributed by atoms with Crippen LogP contribution in [0.5, 0.6) is 0 Å². The molecular weight excluding hydrogens is 240 g/mol. The van der Waals surface area contributed by atoms with E-state index in [2.05, 4.69) is 17.4 Å². The molecule has 0 aliphatic carbocycles. The number of rotatable bonds is 2. The third-order valence-electron chi connectivity index (χ3n) is 3.51. The molecule has 1 aliphatic rings. The Bertz CT molecular complexity index is 497. The van der Waals surface area contributed by atoms with E-state index in [1.165, 1.54) is 5.56 Å². The minimum Gasteiger partial charge on any atom is -0.354 e. The number of hydrogen-bond donors (Lipinski definition) is 1. The summed E-state index contributed by atoms with van der Waals surface area (Å²) in [5.41, 5.74) is 3.39. The van der Waals surface area contributed by atoms with Crippen molar-refractivity contribution in [1.29, 1.82) is 0 Å². The van der Waals surface area contributed by atoms with Gasteiger partial charge in [-0.25, -0.2) is 0 Å². The molecule has 0 bridgehead atoms. The molecule has 4 nitrogen and oxygen atoms in total. The van der Waals surface area contributed by atoms with Crippen molar-refractivity contribution < 1.29 is 9.59 Å². The van der Waals surface area contributed by atoms with Gasteiger partial charge in [0.05, 0.1) is 6.42 Å². The molecule has 0 spiro atoms. The number of hydrogen-bond acceptors (Lipinski definition) is 2.